The quantitative estimate of drug-likeness (QED) is 0.712. The molecular formula is C19H19N5O3. The summed E-state index contributed by atoms with van der Waals surface area (Å²) in [6.07, 6.45) is 1.64. The minimum atomic E-state index is -0.329. The summed E-state index contributed by atoms with van der Waals surface area (Å²) in [7, 11) is 0. The normalized spacial score (nSPS) is 17.2. The molecule has 1 aliphatic rings. The Morgan fingerprint density at radius 2 is 2.00 bits per heavy atom. The zero-order valence-electron chi connectivity index (χ0n) is 14.9. The van der Waals surface area contributed by atoms with Gasteiger partial charge in [-0.05, 0) is 31.9 Å². The summed E-state index contributed by atoms with van der Waals surface area (Å²) in [6, 6.07) is 8.41. The van der Waals surface area contributed by atoms with E-state index in [0.29, 0.717) is 35.5 Å². The number of carbonyl (C=O) groups is 1. The number of fused-ring (bicyclic) bond motifs is 1. The predicted octanol–water partition coefficient (Wildman–Crippen LogP) is 1.33. The lowest BCUT2D eigenvalue weighted by molar-refractivity contribution is 0.0693. The molecule has 0 radical (unpaired) electrons. The molecule has 1 fully saturated rings. The van der Waals surface area contributed by atoms with Crippen LogP contribution < -0.4 is 11.1 Å². The number of likely N-dealkylation sites (tertiary alicyclic amines) is 1. The SMILES string of the molecule is Cc1nc([C@H]2CCCN(C(=O)c3nc4ccccc4c(=O)[nH]3)C2)cc(=O)[nH]1. The molecule has 3 heterocycles. The number of hydrogen-bond acceptors (Lipinski definition) is 5. The molecule has 1 aromatic carbocycles. The van der Waals surface area contributed by atoms with Crippen LogP contribution in [0.4, 0.5) is 0 Å². The van der Waals surface area contributed by atoms with Crippen molar-refractivity contribution in [1.82, 2.24) is 24.8 Å². The molecule has 8 heteroatoms. The third kappa shape index (κ3) is 3.38. The number of aromatic nitrogens is 4. The van der Waals surface area contributed by atoms with Crippen LogP contribution in [0.2, 0.25) is 0 Å². The van der Waals surface area contributed by atoms with Crippen LogP contribution in [0, 0.1) is 6.92 Å². The Hall–Kier alpha value is -3.29. The first-order valence-electron chi connectivity index (χ1n) is 8.87. The van der Waals surface area contributed by atoms with Gasteiger partial charge in [-0.2, -0.15) is 0 Å². The second-order valence-electron chi connectivity index (χ2n) is 6.78. The van der Waals surface area contributed by atoms with Gasteiger partial charge in [-0.3, -0.25) is 14.4 Å². The second-order valence-corrected chi connectivity index (χ2v) is 6.78. The number of nitrogens with zero attached hydrogens (tertiary/aromatic N) is 3. The van der Waals surface area contributed by atoms with Crippen LogP contribution in [0.25, 0.3) is 10.9 Å². The van der Waals surface area contributed by atoms with Crippen LogP contribution in [-0.2, 0) is 0 Å². The first-order chi connectivity index (χ1) is 13.0. The molecule has 0 spiro atoms. The van der Waals surface area contributed by atoms with E-state index < -0.39 is 0 Å². The molecule has 0 aliphatic carbocycles. The fraction of sp³-hybridized carbons (Fsp3) is 0.316. The highest BCUT2D eigenvalue weighted by Crippen LogP contribution is 2.25. The molecule has 1 aliphatic heterocycles. The number of nitrogens with one attached hydrogen (secondary N) is 2. The lowest BCUT2D eigenvalue weighted by atomic mass is 9.94. The third-order valence-electron chi connectivity index (χ3n) is 4.82. The molecular weight excluding hydrogens is 346 g/mol. The number of carbonyl (C=O) groups excluding carboxylic acids is 1. The summed E-state index contributed by atoms with van der Waals surface area (Å²) in [4.78, 5) is 52.5. The Kier molecular flexibility index (Phi) is 4.31. The maximum absolute atomic E-state index is 12.9. The molecule has 8 nitrogen and oxygen atoms in total. The van der Waals surface area contributed by atoms with Crippen LogP contribution in [0.5, 0.6) is 0 Å². The molecule has 1 saturated heterocycles. The van der Waals surface area contributed by atoms with Crippen molar-refractivity contribution >= 4 is 16.8 Å². The van der Waals surface area contributed by atoms with Crippen LogP contribution in [0.15, 0.2) is 39.9 Å². The molecule has 3 aromatic rings. The average Bonchev–Trinajstić information content (AvgIpc) is 2.67. The maximum atomic E-state index is 12.9. The largest absolute Gasteiger partial charge is 0.335 e. The number of piperidine rings is 1. The van der Waals surface area contributed by atoms with E-state index in [-0.39, 0.29) is 28.8 Å². The van der Waals surface area contributed by atoms with Crippen molar-refractivity contribution < 1.29 is 4.79 Å². The van der Waals surface area contributed by atoms with E-state index in [1.54, 1.807) is 36.1 Å². The number of amides is 1. The second kappa shape index (κ2) is 6.79. The highest BCUT2D eigenvalue weighted by Gasteiger charge is 2.28. The van der Waals surface area contributed by atoms with E-state index in [1.807, 2.05) is 0 Å². The first kappa shape index (κ1) is 17.1. The maximum Gasteiger partial charge on any atom is 0.289 e. The third-order valence-corrected chi connectivity index (χ3v) is 4.82. The number of hydrogen-bond donors (Lipinski definition) is 2. The van der Waals surface area contributed by atoms with Gasteiger partial charge in [-0.1, -0.05) is 12.1 Å². The minimum absolute atomic E-state index is 0.0177. The average molecular weight is 365 g/mol. The summed E-state index contributed by atoms with van der Waals surface area (Å²) in [5.74, 6) is 0.260. The lowest BCUT2D eigenvalue weighted by Crippen LogP contribution is -2.41. The summed E-state index contributed by atoms with van der Waals surface area (Å²) in [5.41, 5.74) is 0.657. The fourth-order valence-electron chi connectivity index (χ4n) is 3.55. The predicted molar refractivity (Wildman–Crippen MR) is 99.8 cm³/mol. The van der Waals surface area contributed by atoms with Crippen LogP contribution in [0.3, 0.4) is 0 Å². The van der Waals surface area contributed by atoms with Crippen molar-refractivity contribution in [3.05, 3.63) is 68.4 Å². The van der Waals surface area contributed by atoms with Gasteiger partial charge < -0.3 is 14.9 Å². The Bertz CT molecular complexity index is 1130. The van der Waals surface area contributed by atoms with Crippen molar-refractivity contribution in [2.24, 2.45) is 0 Å². The van der Waals surface area contributed by atoms with Gasteiger partial charge in [0.2, 0.25) is 0 Å². The van der Waals surface area contributed by atoms with Crippen molar-refractivity contribution in [3.8, 4) is 0 Å². The molecule has 138 valence electrons. The van der Waals surface area contributed by atoms with Crippen molar-refractivity contribution in [2.75, 3.05) is 13.1 Å². The Labute approximate surface area is 154 Å². The number of aromatic amines is 2. The van der Waals surface area contributed by atoms with E-state index in [1.165, 1.54) is 6.07 Å². The van der Waals surface area contributed by atoms with Gasteiger partial charge in [0.15, 0.2) is 5.82 Å². The highest BCUT2D eigenvalue weighted by molar-refractivity contribution is 5.92. The van der Waals surface area contributed by atoms with Gasteiger partial charge in [0, 0.05) is 25.1 Å². The summed E-state index contributed by atoms with van der Waals surface area (Å²) in [5, 5.41) is 0.453. The smallest absolute Gasteiger partial charge is 0.289 e. The van der Waals surface area contributed by atoms with E-state index in [2.05, 4.69) is 19.9 Å². The van der Waals surface area contributed by atoms with Crippen molar-refractivity contribution in [3.63, 3.8) is 0 Å². The molecule has 2 aromatic heterocycles. The molecule has 0 saturated carbocycles. The van der Waals surface area contributed by atoms with Gasteiger partial charge in [0.25, 0.3) is 17.0 Å². The number of aryl methyl sites for hydroxylation is 1. The molecule has 0 bridgehead atoms. The first-order valence-corrected chi connectivity index (χ1v) is 8.87. The van der Waals surface area contributed by atoms with Crippen LogP contribution in [0.1, 0.15) is 40.9 Å². The Morgan fingerprint density at radius 1 is 1.19 bits per heavy atom. The summed E-state index contributed by atoms with van der Waals surface area (Å²) in [6.45, 7) is 2.75. The van der Waals surface area contributed by atoms with E-state index in [9.17, 15) is 14.4 Å². The molecule has 4 rings (SSSR count). The summed E-state index contributed by atoms with van der Waals surface area (Å²) >= 11 is 0. The van der Waals surface area contributed by atoms with Gasteiger partial charge in [-0.15, -0.1) is 0 Å². The van der Waals surface area contributed by atoms with Crippen molar-refractivity contribution in [2.45, 2.75) is 25.7 Å². The fourth-order valence-corrected chi connectivity index (χ4v) is 3.55. The number of H-pyrrole nitrogens is 2. The Morgan fingerprint density at radius 3 is 2.81 bits per heavy atom. The number of rotatable bonds is 2. The molecule has 2 N–H and O–H groups in total. The van der Waals surface area contributed by atoms with Gasteiger partial charge in [0.1, 0.15) is 5.82 Å². The standard InChI is InChI=1S/C19H19N5O3/c1-11-20-15(9-16(25)21-11)12-5-4-8-24(10-12)19(27)17-22-14-7-3-2-6-13(14)18(26)23-17/h2-3,6-7,9,12H,4-5,8,10H2,1H3,(H,20,21,25)(H,22,23,26)/t12-/m0/s1. The number of para-hydroxylation sites is 1. The zero-order chi connectivity index (χ0) is 19.0. The number of benzene rings is 1. The van der Waals surface area contributed by atoms with Gasteiger partial charge in [-0.25, -0.2) is 9.97 Å². The topological polar surface area (TPSA) is 112 Å². The van der Waals surface area contributed by atoms with E-state index in [0.717, 1.165) is 12.8 Å². The molecule has 1 atom stereocenters. The van der Waals surface area contributed by atoms with Gasteiger partial charge in [0.05, 0.1) is 16.6 Å². The highest BCUT2D eigenvalue weighted by atomic mass is 16.2. The summed E-state index contributed by atoms with van der Waals surface area (Å²) < 4.78 is 0. The minimum Gasteiger partial charge on any atom is -0.335 e. The van der Waals surface area contributed by atoms with Crippen molar-refractivity contribution in [1.29, 1.82) is 0 Å². The lowest BCUT2D eigenvalue weighted by Gasteiger charge is -2.32. The van der Waals surface area contributed by atoms with E-state index >= 15 is 0 Å². The monoisotopic (exact) mass is 365 g/mol. The Balaban J connectivity index is 1.62. The van der Waals surface area contributed by atoms with Crippen LogP contribution in [-0.4, -0.2) is 43.8 Å². The molecule has 0 unspecified atom stereocenters. The molecule has 1 amide bonds. The van der Waals surface area contributed by atoms with E-state index in [4.69, 9.17) is 0 Å². The van der Waals surface area contributed by atoms with Gasteiger partial charge >= 0.3 is 0 Å². The zero-order valence-corrected chi connectivity index (χ0v) is 14.9. The van der Waals surface area contributed by atoms with Crippen LogP contribution >= 0.6 is 0 Å². The molecule has 27 heavy (non-hydrogen) atoms.